The number of hydrogen-bond donors (Lipinski definition) is 1. The predicted octanol–water partition coefficient (Wildman–Crippen LogP) is 6.04. The van der Waals surface area contributed by atoms with Crippen LogP contribution < -0.4 is 0 Å². The van der Waals surface area contributed by atoms with Gasteiger partial charge in [-0.25, -0.2) is 0 Å². The highest BCUT2D eigenvalue weighted by molar-refractivity contribution is 5.92. The number of carbonyl (C=O) groups excluding carboxylic acids is 2. The van der Waals surface area contributed by atoms with E-state index in [2.05, 4.69) is 29.9 Å². The van der Waals surface area contributed by atoms with Gasteiger partial charge in [0.1, 0.15) is 11.6 Å². The Morgan fingerprint density at radius 2 is 2.00 bits per heavy atom. The molecule has 182 valence electrons. The molecule has 4 aliphatic carbocycles. The predicted molar refractivity (Wildman–Crippen MR) is 128 cm³/mol. The quantitative estimate of drug-likeness (QED) is 0.219. The van der Waals surface area contributed by atoms with Crippen LogP contribution in [0.25, 0.3) is 10.4 Å². The van der Waals surface area contributed by atoms with Gasteiger partial charge in [-0.1, -0.05) is 44.5 Å². The number of carbonyl (C=O) groups is 2. The van der Waals surface area contributed by atoms with Crippen molar-refractivity contribution in [3.05, 3.63) is 22.1 Å². The van der Waals surface area contributed by atoms with Crippen molar-refractivity contribution in [2.24, 2.45) is 51.5 Å². The Balaban J connectivity index is 1.50. The van der Waals surface area contributed by atoms with E-state index in [-0.39, 0.29) is 40.5 Å². The molecule has 0 bridgehead atoms. The molecule has 0 radical (unpaired) electrons. The van der Waals surface area contributed by atoms with Crippen LogP contribution in [-0.2, 0) is 9.59 Å². The molecular weight excluding hydrogens is 414 g/mol. The molecule has 0 amide bonds. The largest absolute Gasteiger partial charge is 0.393 e. The third-order valence-corrected chi connectivity index (χ3v) is 10.3. The van der Waals surface area contributed by atoms with E-state index in [0.717, 1.165) is 38.5 Å². The van der Waals surface area contributed by atoms with E-state index in [1.54, 1.807) is 0 Å². The van der Waals surface area contributed by atoms with Gasteiger partial charge in [-0.05, 0) is 85.0 Å². The van der Waals surface area contributed by atoms with Gasteiger partial charge < -0.3 is 5.11 Å². The van der Waals surface area contributed by atoms with Crippen LogP contribution in [0.4, 0.5) is 0 Å². The van der Waals surface area contributed by atoms with Crippen molar-refractivity contribution in [3.63, 3.8) is 0 Å². The molecule has 0 aromatic heterocycles. The van der Waals surface area contributed by atoms with Gasteiger partial charge in [0, 0.05) is 36.1 Å². The molecule has 6 heteroatoms. The van der Waals surface area contributed by atoms with Crippen molar-refractivity contribution >= 4 is 11.6 Å². The molecule has 0 saturated heterocycles. The van der Waals surface area contributed by atoms with Crippen LogP contribution in [0.1, 0.15) is 85.5 Å². The van der Waals surface area contributed by atoms with Gasteiger partial charge in [-0.2, -0.15) is 0 Å². The monoisotopic (exact) mass is 455 g/mol. The van der Waals surface area contributed by atoms with Crippen LogP contribution >= 0.6 is 0 Å². The summed E-state index contributed by atoms with van der Waals surface area (Å²) in [4.78, 5) is 29.3. The van der Waals surface area contributed by atoms with E-state index in [0.29, 0.717) is 49.3 Å². The van der Waals surface area contributed by atoms with Crippen molar-refractivity contribution in [2.75, 3.05) is 6.54 Å². The molecule has 0 aromatic carbocycles. The third-order valence-electron chi connectivity index (χ3n) is 10.3. The maximum atomic E-state index is 13.4. The van der Waals surface area contributed by atoms with Gasteiger partial charge >= 0.3 is 0 Å². The van der Waals surface area contributed by atoms with Crippen LogP contribution in [0.5, 0.6) is 0 Å². The summed E-state index contributed by atoms with van der Waals surface area (Å²) in [6.07, 6.45) is 9.86. The lowest BCUT2D eigenvalue weighted by molar-refractivity contribution is -0.134. The highest BCUT2D eigenvalue weighted by Gasteiger charge is 2.62. The molecular formula is C27H41N3O3. The Morgan fingerprint density at radius 1 is 1.24 bits per heavy atom. The Labute approximate surface area is 198 Å². The molecule has 0 spiro atoms. The van der Waals surface area contributed by atoms with Crippen molar-refractivity contribution in [1.29, 1.82) is 0 Å². The number of aliphatic hydroxyl groups is 1. The van der Waals surface area contributed by atoms with E-state index in [1.807, 2.05) is 13.8 Å². The zero-order chi connectivity index (χ0) is 24.0. The summed E-state index contributed by atoms with van der Waals surface area (Å²) in [6, 6.07) is 0. The maximum Gasteiger partial charge on any atom is 0.137 e. The first-order valence-electron chi connectivity index (χ1n) is 13.1. The Hall–Kier alpha value is -1.65. The number of aliphatic hydroxyl groups excluding tert-OH is 1. The average Bonchev–Trinajstić information content (AvgIpc) is 3.05. The number of Topliss-reactive ketones (excluding diaryl/α,β-unsaturated/α-hetero) is 2. The second kappa shape index (κ2) is 9.19. The first-order chi connectivity index (χ1) is 15.6. The van der Waals surface area contributed by atoms with Crippen LogP contribution in [0.3, 0.4) is 0 Å². The molecule has 3 saturated carbocycles. The third kappa shape index (κ3) is 4.18. The lowest BCUT2D eigenvalue weighted by Gasteiger charge is -2.58. The molecule has 0 aromatic rings. The topological polar surface area (TPSA) is 103 Å². The number of azide groups is 1. The van der Waals surface area contributed by atoms with Crippen molar-refractivity contribution in [2.45, 2.75) is 91.6 Å². The molecule has 0 heterocycles. The molecule has 33 heavy (non-hydrogen) atoms. The zero-order valence-corrected chi connectivity index (χ0v) is 20.8. The number of allylic oxidation sites excluding steroid dienone is 1. The zero-order valence-electron chi connectivity index (χ0n) is 20.8. The highest BCUT2D eigenvalue weighted by atomic mass is 16.3. The van der Waals surface area contributed by atoms with Gasteiger partial charge in [0.15, 0.2) is 0 Å². The van der Waals surface area contributed by atoms with Gasteiger partial charge in [0.25, 0.3) is 0 Å². The number of rotatable bonds is 7. The maximum absolute atomic E-state index is 13.4. The lowest BCUT2D eigenvalue weighted by atomic mass is 9.47. The number of ketones is 2. The standard InChI is InChI=1S/C27H41N3O3/c1-16(15-29-30-28)5-8-23(32)17(2)25-24(33)14-22-20-7-6-18-13-19(31)9-11-26(18,3)21(20)10-12-27(22,25)4/h6,16-17,19-22,25,31H,5,7-15H2,1-4H3/t16?,17?,19?,20?,21?,22?,25?,26-,27-/m0/s1. The fourth-order valence-electron chi connectivity index (χ4n) is 8.39. The van der Waals surface area contributed by atoms with E-state index >= 15 is 0 Å². The molecule has 4 aliphatic rings. The van der Waals surface area contributed by atoms with E-state index in [4.69, 9.17) is 5.53 Å². The number of hydrogen-bond acceptors (Lipinski definition) is 4. The van der Waals surface area contributed by atoms with Crippen molar-refractivity contribution in [1.82, 2.24) is 0 Å². The van der Waals surface area contributed by atoms with Gasteiger partial charge in [0.05, 0.1) is 6.10 Å². The van der Waals surface area contributed by atoms with Crippen LogP contribution in [0, 0.1) is 46.3 Å². The average molecular weight is 456 g/mol. The lowest BCUT2D eigenvalue weighted by Crippen LogP contribution is -2.51. The van der Waals surface area contributed by atoms with Crippen LogP contribution in [-0.4, -0.2) is 29.3 Å². The van der Waals surface area contributed by atoms with Crippen molar-refractivity contribution < 1.29 is 14.7 Å². The molecule has 1 N–H and O–H groups in total. The van der Waals surface area contributed by atoms with E-state index < -0.39 is 0 Å². The summed E-state index contributed by atoms with van der Waals surface area (Å²) in [7, 11) is 0. The fraction of sp³-hybridized carbons (Fsp3) is 0.852. The second-order valence-electron chi connectivity index (χ2n) is 12.2. The Kier molecular flexibility index (Phi) is 6.81. The minimum Gasteiger partial charge on any atom is -0.393 e. The van der Waals surface area contributed by atoms with E-state index in [9.17, 15) is 14.7 Å². The first-order valence-corrected chi connectivity index (χ1v) is 13.1. The molecule has 4 rings (SSSR count). The molecule has 7 unspecified atom stereocenters. The van der Waals surface area contributed by atoms with E-state index in [1.165, 1.54) is 5.57 Å². The van der Waals surface area contributed by atoms with Gasteiger partial charge in [-0.3, -0.25) is 9.59 Å². The summed E-state index contributed by atoms with van der Waals surface area (Å²) in [6.45, 7) is 9.09. The minimum absolute atomic E-state index is 0.0973. The number of nitrogens with zero attached hydrogens (tertiary/aromatic N) is 3. The number of fused-ring (bicyclic) bond motifs is 5. The molecule has 0 aliphatic heterocycles. The summed E-state index contributed by atoms with van der Waals surface area (Å²) < 4.78 is 0. The fourth-order valence-corrected chi connectivity index (χ4v) is 8.39. The van der Waals surface area contributed by atoms with Gasteiger partial charge in [-0.15, -0.1) is 0 Å². The minimum atomic E-state index is -0.245. The summed E-state index contributed by atoms with van der Waals surface area (Å²) in [5, 5.41) is 13.8. The summed E-state index contributed by atoms with van der Waals surface area (Å²) >= 11 is 0. The second-order valence-corrected chi connectivity index (χ2v) is 12.2. The molecule has 6 nitrogen and oxygen atoms in total. The Morgan fingerprint density at radius 3 is 2.73 bits per heavy atom. The summed E-state index contributed by atoms with van der Waals surface area (Å²) in [5.41, 5.74) is 10.0. The van der Waals surface area contributed by atoms with Crippen LogP contribution in [0.2, 0.25) is 0 Å². The normalized spacial score (nSPS) is 41.7. The molecule has 9 atom stereocenters. The highest BCUT2D eigenvalue weighted by Crippen LogP contribution is 2.66. The van der Waals surface area contributed by atoms with Crippen molar-refractivity contribution in [3.8, 4) is 0 Å². The Bertz CT molecular complexity index is 878. The van der Waals surface area contributed by atoms with Crippen LogP contribution in [0.15, 0.2) is 16.8 Å². The summed E-state index contributed by atoms with van der Waals surface area (Å²) in [5.74, 6) is 1.69. The molecule has 3 fully saturated rings. The van der Waals surface area contributed by atoms with Gasteiger partial charge in [0.2, 0.25) is 0 Å². The SMILES string of the molecule is CC(CCC(=O)C(C)C1C(=O)CC2C3CC=C4CC(O)CC[C@]4(C)C3CC[C@@]21C)CN=[N+]=[N-]. The smallest absolute Gasteiger partial charge is 0.137 e. The first kappa shape index (κ1) is 24.5.